The molecule has 2 atom stereocenters. The molecule has 1 heterocycles. The van der Waals surface area contributed by atoms with Crippen LogP contribution in [0.1, 0.15) is 29.0 Å². The minimum absolute atomic E-state index is 0.0225. The van der Waals surface area contributed by atoms with Crippen LogP contribution >= 0.6 is 0 Å². The molecule has 0 amide bonds. The third-order valence-electron chi connectivity index (χ3n) is 13.4. The first-order valence-corrected chi connectivity index (χ1v) is 23.8. The minimum atomic E-state index is 0.0225. The van der Waals surface area contributed by atoms with Gasteiger partial charge in [-0.1, -0.05) is 152 Å². The first kappa shape index (κ1) is 42.2. The third kappa shape index (κ3) is 8.43. The molecule has 0 fully saturated rings. The number of benzene rings is 8. The number of fused-ring (bicyclic) bond motifs is 3. The number of nitrogens with one attached hydrogen (secondary N) is 3. The fourth-order valence-electron chi connectivity index (χ4n) is 9.76. The highest BCUT2D eigenvalue weighted by Gasteiger charge is 2.26. The van der Waals surface area contributed by atoms with Crippen molar-refractivity contribution in [2.45, 2.75) is 24.8 Å². The van der Waals surface area contributed by atoms with Crippen molar-refractivity contribution in [3.05, 3.63) is 247 Å². The molecule has 8 nitrogen and oxygen atoms in total. The summed E-state index contributed by atoms with van der Waals surface area (Å²) in [7, 11) is 0. The number of aromatic nitrogens is 3. The molecular formula is C62H48N8. The van der Waals surface area contributed by atoms with Crippen molar-refractivity contribution < 1.29 is 0 Å². The van der Waals surface area contributed by atoms with Crippen LogP contribution in [0.4, 0.5) is 28.4 Å². The molecule has 3 N–H and O–H groups in total. The normalized spacial score (nSPS) is 16.7. The maximum atomic E-state index is 8.17. The van der Waals surface area contributed by atoms with Crippen LogP contribution in [0.2, 0.25) is 0 Å². The molecule has 8 heteroatoms. The molecule has 0 spiro atoms. The van der Waals surface area contributed by atoms with E-state index >= 15 is 0 Å². The molecule has 336 valence electrons. The first-order valence-electron chi connectivity index (χ1n) is 23.8. The lowest BCUT2D eigenvalue weighted by Gasteiger charge is -2.29. The van der Waals surface area contributed by atoms with Crippen molar-refractivity contribution in [3.8, 4) is 22.3 Å². The quantitative estimate of drug-likeness (QED) is 0.0888. The summed E-state index contributed by atoms with van der Waals surface area (Å²) in [5.74, 6) is 0.0315. The number of nitrogens with zero attached hydrogens (tertiary/aromatic N) is 5. The molecular weight excluding hydrogens is 857 g/mol. The molecule has 0 radical (unpaired) electrons. The number of rotatable bonds is 11. The van der Waals surface area contributed by atoms with Crippen molar-refractivity contribution >= 4 is 73.4 Å². The summed E-state index contributed by atoms with van der Waals surface area (Å²) in [5.41, 5.74) is 20.4. The number of hydrogen-bond donors (Lipinski definition) is 3. The van der Waals surface area contributed by atoms with Crippen LogP contribution in [0.5, 0.6) is 0 Å². The molecule has 12 rings (SSSR count). The molecule has 3 aliphatic rings. The van der Waals surface area contributed by atoms with Gasteiger partial charge in [0.15, 0.2) is 0 Å². The summed E-state index contributed by atoms with van der Waals surface area (Å²) in [4.78, 5) is 4.07. The van der Waals surface area contributed by atoms with Gasteiger partial charge in [0.1, 0.15) is 16.7 Å². The Balaban J connectivity index is 0.803. The van der Waals surface area contributed by atoms with Crippen molar-refractivity contribution in [2.24, 2.45) is 5.10 Å². The average Bonchev–Trinajstić information content (AvgIpc) is 3.87. The van der Waals surface area contributed by atoms with E-state index in [1.54, 1.807) is 10.9 Å². The summed E-state index contributed by atoms with van der Waals surface area (Å²) in [6.45, 7) is 0. The van der Waals surface area contributed by atoms with Gasteiger partial charge in [-0.3, -0.25) is 10.8 Å². The second kappa shape index (κ2) is 18.5. The minimum Gasteiger partial charge on any atom is -0.377 e. The highest BCUT2D eigenvalue weighted by atomic mass is 15.5. The Kier molecular flexibility index (Phi) is 11.2. The van der Waals surface area contributed by atoms with Crippen LogP contribution in [0.25, 0.3) is 55.8 Å². The lowest BCUT2D eigenvalue weighted by Crippen LogP contribution is -2.28. The lowest BCUT2D eigenvalue weighted by atomic mass is 9.85. The van der Waals surface area contributed by atoms with Gasteiger partial charge in [-0.25, -0.2) is 0 Å². The van der Waals surface area contributed by atoms with Gasteiger partial charge in [0.05, 0.1) is 28.8 Å². The Hall–Kier alpha value is -9.14. The Labute approximate surface area is 407 Å². The van der Waals surface area contributed by atoms with Crippen molar-refractivity contribution in [2.75, 3.05) is 15.6 Å². The molecule has 70 heavy (non-hydrogen) atoms. The molecule has 3 aliphatic carbocycles. The zero-order valence-corrected chi connectivity index (χ0v) is 38.3. The van der Waals surface area contributed by atoms with Crippen molar-refractivity contribution in [3.63, 3.8) is 0 Å². The van der Waals surface area contributed by atoms with Gasteiger partial charge in [-0.05, 0) is 137 Å². The largest absolute Gasteiger partial charge is 0.377 e. The topological polar surface area (TPSA) is 94.2 Å². The van der Waals surface area contributed by atoms with Crippen molar-refractivity contribution in [1.82, 2.24) is 15.0 Å². The van der Waals surface area contributed by atoms with E-state index in [0.717, 1.165) is 80.3 Å². The van der Waals surface area contributed by atoms with E-state index in [9.17, 15) is 0 Å². The molecule has 0 saturated heterocycles. The molecule has 0 bridgehead atoms. The summed E-state index contributed by atoms with van der Waals surface area (Å²) < 4.78 is 0. The van der Waals surface area contributed by atoms with Gasteiger partial charge in [0.25, 0.3) is 0 Å². The van der Waals surface area contributed by atoms with Gasteiger partial charge in [-0.2, -0.15) is 9.90 Å². The Morgan fingerprint density at radius 3 is 1.96 bits per heavy atom. The number of hydrogen-bond acceptors (Lipinski definition) is 7. The Bertz CT molecular complexity index is 3570. The van der Waals surface area contributed by atoms with E-state index < -0.39 is 0 Å². The summed E-state index contributed by atoms with van der Waals surface area (Å²) in [5, 5.41) is 28.6. The predicted molar refractivity (Wildman–Crippen MR) is 291 cm³/mol. The van der Waals surface area contributed by atoms with Gasteiger partial charge < -0.3 is 10.2 Å². The van der Waals surface area contributed by atoms with Gasteiger partial charge in [0, 0.05) is 33.9 Å². The number of anilines is 5. The molecule has 9 aromatic rings. The van der Waals surface area contributed by atoms with Crippen molar-refractivity contribution in [1.29, 1.82) is 5.41 Å². The average molecular weight is 905 g/mol. The maximum absolute atomic E-state index is 8.17. The van der Waals surface area contributed by atoms with Crippen LogP contribution in [0, 0.1) is 5.41 Å². The van der Waals surface area contributed by atoms with Crippen LogP contribution in [-0.4, -0.2) is 32.5 Å². The van der Waals surface area contributed by atoms with Crippen LogP contribution in [0.3, 0.4) is 0 Å². The highest BCUT2D eigenvalue weighted by Crippen LogP contribution is 2.41. The predicted octanol–water partition coefficient (Wildman–Crippen LogP) is 14.9. The van der Waals surface area contributed by atoms with Gasteiger partial charge in [0.2, 0.25) is 0 Å². The molecule has 0 saturated carbocycles. The number of allylic oxidation sites excluding steroid dienone is 7. The molecule has 0 aliphatic heterocycles. The second-order valence-corrected chi connectivity index (χ2v) is 17.8. The number of aryl methyl sites for hydroxylation is 1. The fourth-order valence-corrected chi connectivity index (χ4v) is 9.76. The Morgan fingerprint density at radius 2 is 1.23 bits per heavy atom. The first-order chi connectivity index (χ1) is 34.6. The Morgan fingerprint density at radius 1 is 0.600 bits per heavy atom. The van der Waals surface area contributed by atoms with Gasteiger partial charge >= 0.3 is 0 Å². The summed E-state index contributed by atoms with van der Waals surface area (Å²) in [6.07, 6.45) is 20.7. The van der Waals surface area contributed by atoms with E-state index in [1.807, 2.05) is 54.6 Å². The molecule has 2 unspecified atom stereocenters. The van der Waals surface area contributed by atoms with E-state index in [4.69, 9.17) is 15.6 Å². The van der Waals surface area contributed by atoms with E-state index in [1.165, 1.54) is 27.5 Å². The summed E-state index contributed by atoms with van der Waals surface area (Å²) >= 11 is 0. The molecule has 1 aromatic heterocycles. The monoisotopic (exact) mass is 904 g/mol. The second-order valence-electron chi connectivity index (χ2n) is 17.8. The maximum Gasteiger partial charge on any atom is 0.113 e. The van der Waals surface area contributed by atoms with E-state index in [0.29, 0.717) is 11.4 Å². The van der Waals surface area contributed by atoms with E-state index in [-0.39, 0.29) is 12.0 Å². The smallest absolute Gasteiger partial charge is 0.113 e. The van der Waals surface area contributed by atoms with Crippen LogP contribution in [0.15, 0.2) is 236 Å². The zero-order chi connectivity index (χ0) is 46.8. The van der Waals surface area contributed by atoms with Gasteiger partial charge in [-0.15, -0.1) is 10.2 Å². The van der Waals surface area contributed by atoms with Crippen LogP contribution in [-0.2, 0) is 6.42 Å². The zero-order valence-electron chi connectivity index (χ0n) is 38.3. The third-order valence-corrected chi connectivity index (χ3v) is 13.4. The highest BCUT2D eigenvalue weighted by molar-refractivity contribution is 6.50. The van der Waals surface area contributed by atoms with Crippen LogP contribution < -0.4 is 15.6 Å². The SMILES string of the molecule is N=C1C=CC=C/C1=N/Nc1ccc(N(c2ccc(-c3ccc(-c4ccc(C5C=C(n6nc7ccccc7n6)C=CC5Nc5cccc6c5C=CCC6)cc4)cc3)cc2)c2cccc3ccccc23)cc1. The number of hydrazone groups is 1. The standard InChI is InChI=1S/C62H48N8/c63-56-17-5-6-18-59(56)66-65-49-33-37-51(38-34-49)69(62-22-10-14-47-12-2-4-16-54(47)62)50-35-31-45(32-36-50)43-25-23-42(24-26-43)44-27-29-48(30-28-44)55-41-52(70-67-60-19-7-8-20-61(60)68-70)39-40-58(55)64-57-21-9-13-46-11-1-3-15-53(46)57/h2-10,12-41,55,58,63-65H,1,11H2/b63-56?,66-59-. The molecule has 8 aromatic carbocycles. The van der Waals surface area contributed by atoms with E-state index in [2.05, 4.69) is 197 Å². The summed E-state index contributed by atoms with van der Waals surface area (Å²) in [6, 6.07) is 64.6. The lowest BCUT2D eigenvalue weighted by molar-refractivity contribution is 0.726. The fraction of sp³-hybridized carbons (Fsp3) is 0.0645.